The van der Waals surface area contributed by atoms with E-state index in [0.29, 0.717) is 12.2 Å². The van der Waals surface area contributed by atoms with Crippen molar-refractivity contribution in [1.29, 1.82) is 0 Å². The molecule has 0 heterocycles. The first kappa shape index (κ1) is 15.0. The first-order valence-electron chi connectivity index (χ1n) is 6.34. The van der Waals surface area contributed by atoms with Gasteiger partial charge in [-0.25, -0.2) is 0 Å². The number of hydrogen-bond donors (Lipinski definition) is 1. The highest BCUT2D eigenvalue weighted by Gasteiger charge is 2.09. The second kappa shape index (κ2) is 7.40. The Balaban J connectivity index is 2.15. The minimum absolute atomic E-state index is 0.0895. The Bertz CT molecular complexity index is 599. The fourth-order valence-electron chi connectivity index (χ4n) is 1.90. The highest BCUT2D eigenvalue weighted by atomic mass is 127. The maximum atomic E-state index is 12.2. The molecular formula is C16H16INO2. The summed E-state index contributed by atoms with van der Waals surface area (Å²) in [5.41, 5.74) is 2.58. The Hall–Kier alpha value is -1.40. The maximum Gasteiger partial charge on any atom is 0.255 e. The van der Waals surface area contributed by atoms with Crippen molar-refractivity contribution in [3.05, 3.63) is 63.2 Å². The first-order valence-corrected chi connectivity index (χ1v) is 7.42. The van der Waals surface area contributed by atoms with Gasteiger partial charge in [0.25, 0.3) is 5.91 Å². The summed E-state index contributed by atoms with van der Waals surface area (Å²) in [6.45, 7) is 0.635. The van der Waals surface area contributed by atoms with E-state index in [2.05, 4.69) is 27.9 Å². The van der Waals surface area contributed by atoms with Gasteiger partial charge in [-0.05, 0) is 58.8 Å². The molecule has 0 aliphatic rings. The van der Waals surface area contributed by atoms with Crippen LogP contribution >= 0.6 is 22.6 Å². The van der Waals surface area contributed by atoms with Crippen LogP contribution in [0.4, 0.5) is 5.69 Å². The molecule has 0 aliphatic heterocycles. The fraction of sp³-hybridized carbons (Fsp3) is 0.188. The molecule has 2 aromatic carbocycles. The van der Waals surface area contributed by atoms with Crippen molar-refractivity contribution in [3.63, 3.8) is 0 Å². The van der Waals surface area contributed by atoms with Crippen molar-refractivity contribution < 1.29 is 9.53 Å². The largest absolute Gasteiger partial charge is 0.384 e. The van der Waals surface area contributed by atoms with Gasteiger partial charge in [0.2, 0.25) is 0 Å². The van der Waals surface area contributed by atoms with E-state index in [1.807, 2.05) is 48.5 Å². The maximum absolute atomic E-state index is 12.2. The van der Waals surface area contributed by atoms with Crippen molar-refractivity contribution in [2.75, 3.05) is 19.0 Å². The molecule has 0 aromatic heterocycles. The van der Waals surface area contributed by atoms with E-state index in [9.17, 15) is 4.79 Å². The Kier molecular flexibility index (Phi) is 5.55. The zero-order valence-electron chi connectivity index (χ0n) is 11.2. The fourth-order valence-corrected chi connectivity index (χ4v) is 2.44. The van der Waals surface area contributed by atoms with Crippen LogP contribution < -0.4 is 5.32 Å². The molecule has 2 aromatic rings. The van der Waals surface area contributed by atoms with Crippen LogP contribution in [-0.4, -0.2) is 19.6 Å². The zero-order valence-corrected chi connectivity index (χ0v) is 13.4. The van der Waals surface area contributed by atoms with Crippen LogP contribution in [0.5, 0.6) is 0 Å². The lowest BCUT2D eigenvalue weighted by Gasteiger charge is -2.11. The smallest absolute Gasteiger partial charge is 0.255 e. The normalized spacial score (nSPS) is 10.3. The molecule has 1 N–H and O–H groups in total. The molecule has 1 amide bonds. The van der Waals surface area contributed by atoms with E-state index < -0.39 is 0 Å². The van der Waals surface area contributed by atoms with Crippen LogP contribution in [0.1, 0.15) is 15.9 Å². The molecule has 4 heteroatoms. The Morgan fingerprint density at radius 2 is 2.00 bits per heavy atom. The number of benzene rings is 2. The highest BCUT2D eigenvalue weighted by Crippen LogP contribution is 2.17. The van der Waals surface area contributed by atoms with E-state index in [-0.39, 0.29) is 5.91 Å². The molecule has 104 valence electrons. The van der Waals surface area contributed by atoms with Crippen LogP contribution in [0.3, 0.4) is 0 Å². The number of carbonyl (C=O) groups is 1. The molecule has 0 atom stereocenters. The van der Waals surface area contributed by atoms with Gasteiger partial charge < -0.3 is 10.1 Å². The number of ether oxygens (including phenoxy) is 1. The lowest BCUT2D eigenvalue weighted by atomic mass is 10.1. The number of rotatable bonds is 5. The second-order valence-electron chi connectivity index (χ2n) is 4.36. The summed E-state index contributed by atoms with van der Waals surface area (Å²) in [7, 11) is 1.67. The molecule has 0 radical (unpaired) electrons. The van der Waals surface area contributed by atoms with Gasteiger partial charge >= 0.3 is 0 Å². The van der Waals surface area contributed by atoms with Gasteiger partial charge in [-0.1, -0.05) is 24.3 Å². The molecule has 0 bridgehead atoms. The molecule has 0 spiro atoms. The number of anilines is 1. The summed E-state index contributed by atoms with van der Waals surface area (Å²) in [5, 5.41) is 2.97. The Labute approximate surface area is 132 Å². The second-order valence-corrected chi connectivity index (χ2v) is 5.61. The van der Waals surface area contributed by atoms with E-state index in [1.165, 1.54) is 0 Å². The number of para-hydroxylation sites is 1. The average molecular weight is 381 g/mol. The van der Waals surface area contributed by atoms with Crippen molar-refractivity contribution >= 4 is 34.2 Å². The van der Waals surface area contributed by atoms with Gasteiger partial charge in [-0.3, -0.25) is 4.79 Å². The number of nitrogens with one attached hydrogen (secondary N) is 1. The third-order valence-electron chi connectivity index (χ3n) is 2.93. The van der Waals surface area contributed by atoms with Crippen molar-refractivity contribution in [2.24, 2.45) is 0 Å². The minimum Gasteiger partial charge on any atom is -0.384 e. The van der Waals surface area contributed by atoms with Crippen molar-refractivity contribution in [3.8, 4) is 0 Å². The summed E-state index contributed by atoms with van der Waals surface area (Å²) in [6, 6.07) is 15.3. The molecule has 0 aliphatic carbocycles. The number of methoxy groups -OCH3 is 1. The molecule has 0 saturated heterocycles. The predicted molar refractivity (Wildman–Crippen MR) is 89.1 cm³/mol. The quantitative estimate of drug-likeness (QED) is 0.802. The summed E-state index contributed by atoms with van der Waals surface area (Å²) in [4.78, 5) is 12.2. The van der Waals surface area contributed by atoms with Gasteiger partial charge in [0.1, 0.15) is 0 Å². The summed E-state index contributed by atoms with van der Waals surface area (Å²) >= 11 is 2.20. The minimum atomic E-state index is -0.0895. The van der Waals surface area contributed by atoms with Crippen LogP contribution in [0.25, 0.3) is 0 Å². The SMILES string of the molecule is COCCc1ccccc1NC(=O)c1cccc(I)c1. The van der Waals surface area contributed by atoms with Crippen LogP contribution in [0.2, 0.25) is 0 Å². The first-order chi connectivity index (χ1) is 9.70. The summed E-state index contributed by atoms with van der Waals surface area (Å²) in [5.74, 6) is -0.0895. The van der Waals surface area contributed by atoms with Gasteiger partial charge in [-0.15, -0.1) is 0 Å². The van der Waals surface area contributed by atoms with E-state index in [4.69, 9.17) is 4.74 Å². The van der Waals surface area contributed by atoms with Crippen molar-refractivity contribution in [1.82, 2.24) is 0 Å². The molecular weight excluding hydrogens is 365 g/mol. The molecule has 3 nitrogen and oxygen atoms in total. The van der Waals surface area contributed by atoms with E-state index in [1.54, 1.807) is 7.11 Å². The third kappa shape index (κ3) is 4.05. The third-order valence-corrected chi connectivity index (χ3v) is 3.60. The van der Waals surface area contributed by atoms with Crippen molar-refractivity contribution in [2.45, 2.75) is 6.42 Å². The number of hydrogen-bond acceptors (Lipinski definition) is 2. The Morgan fingerprint density at radius 1 is 1.20 bits per heavy atom. The van der Waals surface area contributed by atoms with Gasteiger partial charge in [0.15, 0.2) is 0 Å². The zero-order chi connectivity index (χ0) is 14.4. The van der Waals surface area contributed by atoms with Gasteiger partial charge in [0, 0.05) is 21.9 Å². The van der Waals surface area contributed by atoms with Crippen LogP contribution in [-0.2, 0) is 11.2 Å². The van der Waals surface area contributed by atoms with Crippen LogP contribution in [0.15, 0.2) is 48.5 Å². The average Bonchev–Trinajstić information content (AvgIpc) is 2.46. The highest BCUT2D eigenvalue weighted by molar-refractivity contribution is 14.1. The molecule has 2 rings (SSSR count). The van der Waals surface area contributed by atoms with Crippen LogP contribution in [0, 0.1) is 3.57 Å². The molecule has 0 saturated carbocycles. The number of halogens is 1. The molecule has 20 heavy (non-hydrogen) atoms. The van der Waals surface area contributed by atoms with E-state index >= 15 is 0 Å². The van der Waals surface area contributed by atoms with E-state index in [0.717, 1.165) is 21.2 Å². The topological polar surface area (TPSA) is 38.3 Å². The molecule has 0 unspecified atom stereocenters. The molecule has 0 fully saturated rings. The lowest BCUT2D eigenvalue weighted by Crippen LogP contribution is -2.13. The summed E-state index contributed by atoms with van der Waals surface area (Å²) < 4.78 is 6.14. The Morgan fingerprint density at radius 3 is 2.75 bits per heavy atom. The lowest BCUT2D eigenvalue weighted by molar-refractivity contribution is 0.102. The predicted octanol–water partition coefficient (Wildman–Crippen LogP) is 3.73. The monoisotopic (exact) mass is 381 g/mol. The standard InChI is InChI=1S/C16H16INO2/c1-20-10-9-12-5-2-3-8-15(12)18-16(19)13-6-4-7-14(17)11-13/h2-8,11H,9-10H2,1H3,(H,18,19). The number of carbonyl (C=O) groups excluding carboxylic acids is 1. The van der Waals surface area contributed by atoms with Gasteiger partial charge in [0.05, 0.1) is 6.61 Å². The van der Waals surface area contributed by atoms with Gasteiger partial charge in [-0.2, -0.15) is 0 Å². The summed E-state index contributed by atoms with van der Waals surface area (Å²) in [6.07, 6.45) is 0.777. The number of amides is 1.